The Morgan fingerprint density at radius 1 is 1.33 bits per heavy atom. The summed E-state index contributed by atoms with van der Waals surface area (Å²) in [7, 11) is 0. The Morgan fingerprint density at radius 3 is 2.92 bits per heavy atom. The molecule has 2 aromatic rings. The Balaban J connectivity index is 2.91. The van der Waals surface area contributed by atoms with E-state index >= 15 is 0 Å². The molecule has 0 aliphatic rings. The number of benzene rings is 1. The highest BCUT2D eigenvalue weighted by Gasteiger charge is 2.05. The number of rotatable bonds is 0. The molecule has 0 fully saturated rings. The molecule has 0 bridgehead atoms. The number of hydrogen-bond acceptors (Lipinski definition) is 2. The van der Waals surface area contributed by atoms with Crippen LogP contribution < -0.4 is 4.73 Å². The number of nitrogens with zero attached hydrogens (tertiary/aromatic N) is 2. The predicted octanol–water partition coefficient (Wildman–Crippen LogP) is 1.18. The molecule has 1 aromatic heterocycles. The van der Waals surface area contributed by atoms with Gasteiger partial charge < -0.3 is 5.21 Å². The summed E-state index contributed by atoms with van der Waals surface area (Å²) in [5, 5.41) is 11.4. The molecule has 0 atom stereocenters. The first kappa shape index (κ1) is 7.03. The van der Waals surface area contributed by atoms with Crippen LogP contribution in [-0.4, -0.2) is 4.98 Å². The molecular weight excluding hydrogens is 152 g/mol. The first-order chi connectivity index (χ1) is 5.79. The van der Waals surface area contributed by atoms with E-state index in [2.05, 4.69) is 4.98 Å². The highest BCUT2D eigenvalue weighted by Crippen LogP contribution is 2.05. The minimum absolute atomic E-state index is 0.619. The van der Waals surface area contributed by atoms with Gasteiger partial charge in [0.05, 0.1) is 6.20 Å². The zero-order chi connectivity index (χ0) is 8.55. The fourth-order valence-electron chi connectivity index (χ4n) is 1.15. The molecule has 0 radical (unpaired) electrons. The van der Waals surface area contributed by atoms with Crippen molar-refractivity contribution in [3.8, 4) is 0 Å². The van der Waals surface area contributed by atoms with E-state index in [4.69, 9.17) is 0 Å². The van der Waals surface area contributed by atoms with Gasteiger partial charge in [-0.3, -0.25) is 0 Å². The predicted molar refractivity (Wildman–Crippen MR) is 45.4 cm³/mol. The fourth-order valence-corrected chi connectivity index (χ4v) is 1.15. The quantitative estimate of drug-likeness (QED) is 0.428. The van der Waals surface area contributed by atoms with Gasteiger partial charge in [0.2, 0.25) is 11.2 Å². The maximum Gasteiger partial charge on any atom is 0.242 e. The van der Waals surface area contributed by atoms with Crippen molar-refractivity contribution in [3.63, 3.8) is 0 Å². The van der Waals surface area contributed by atoms with Gasteiger partial charge in [-0.25, -0.2) is 4.98 Å². The Labute approximate surface area is 69.9 Å². The normalized spacial score (nSPS) is 10.4. The third kappa shape index (κ3) is 0.906. The van der Waals surface area contributed by atoms with E-state index in [9.17, 15) is 5.21 Å². The lowest BCUT2D eigenvalue weighted by Gasteiger charge is -2.02. The summed E-state index contributed by atoms with van der Waals surface area (Å²) in [4.78, 5) is 4.12. The van der Waals surface area contributed by atoms with Crippen LogP contribution in [0.3, 0.4) is 0 Å². The van der Waals surface area contributed by atoms with Gasteiger partial charge in [0.25, 0.3) is 0 Å². The van der Waals surface area contributed by atoms with Crippen molar-refractivity contribution in [2.24, 2.45) is 0 Å². The van der Waals surface area contributed by atoms with E-state index in [1.54, 1.807) is 19.2 Å². The number of fused-ring (bicyclic) bond motifs is 1. The van der Waals surface area contributed by atoms with Crippen molar-refractivity contribution in [1.82, 2.24) is 4.98 Å². The van der Waals surface area contributed by atoms with E-state index in [0.29, 0.717) is 11.2 Å². The summed E-state index contributed by atoms with van der Waals surface area (Å²) < 4.78 is 0.891. The molecule has 2 rings (SSSR count). The van der Waals surface area contributed by atoms with E-state index < -0.39 is 0 Å². The van der Waals surface area contributed by atoms with Crippen molar-refractivity contribution in [2.45, 2.75) is 6.92 Å². The van der Waals surface area contributed by atoms with Gasteiger partial charge in [-0.1, -0.05) is 12.1 Å². The summed E-state index contributed by atoms with van der Waals surface area (Å²) in [6.45, 7) is 1.74. The Bertz CT molecular complexity index is 426. The maximum atomic E-state index is 11.4. The second kappa shape index (κ2) is 2.44. The Hall–Kier alpha value is -1.64. The number of hydrogen-bond donors (Lipinski definition) is 0. The molecule has 0 spiro atoms. The lowest BCUT2D eigenvalue weighted by atomic mass is 10.3. The summed E-state index contributed by atoms with van der Waals surface area (Å²) in [6, 6.07) is 7.29. The monoisotopic (exact) mass is 160 g/mol. The third-order valence-electron chi connectivity index (χ3n) is 1.81. The van der Waals surface area contributed by atoms with Gasteiger partial charge in [-0.15, -0.1) is 0 Å². The minimum atomic E-state index is 0.619. The van der Waals surface area contributed by atoms with Gasteiger partial charge in [-0.2, -0.15) is 4.73 Å². The van der Waals surface area contributed by atoms with Crippen LogP contribution in [0.25, 0.3) is 11.0 Å². The first-order valence-electron chi connectivity index (χ1n) is 3.73. The zero-order valence-electron chi connectivity index (χ0n) is 6.69. The van der Waals surface area contributed by atoms with Gasteiger partial charge >= 0.3 is 0 Å². The first-order valence-corrected chi connectivity index (χ1v) is 3.73. The standard InChI is InChI=1S/C9H8N2O/c1-7-6-10-8-4-2-3-5-9(8)11(7)12/h2-6H,1H3. The third-order valence-corrected chi connectivity index (χ3v) is 1.81. The van der Waals surface area contributed by atoms with Crippen LogP contribution in [0.5, 0.6) is 0 Å². The molecule has 1 aromatic carbocycles. The topological polar surface area (TPSA) is 39.8 Å². The molecule has 3 nitrogen and oxygen atoms in total. The molecule has 0 saturated carbocycles. The molecule has 3 heteroatoms. The largest absolute Gasteiger partial charge is 0.618 e. The molecule has 0 aliphatic carbocycles. The summed E-state index contributed by atoms with van der Waals surface area (Å²) in [5.74, 6) is 0. The van der Waals surface area contributed by atoms with Gasteiger partial charge in [0.1, 0.15) is 5.52 Å². The average Bonchev–Trinajstić information content (AvgIpc) is 2.12. The van der Waals surface area contributed by atoms with Crippen LogP contribution in [0.2, 0.25) is 0 Å². The van der Waals surface area contributed by atoms with Gasteiger partial charge in [0.15, 0.2) is 0 Å². The van der Waals surface area contributed by atoms with Crippen LogP contribution in [0.4, 0.5) is 0 Å². The fraction of sp³-hybridized carbons (Fsp3) is 0.111. The van der Waals surface area contributed by atoms with Crippen LogP contribution in [0, 0.1) is 12.1 Å². The molecule has 1 heterocycles. The molecule has 0 N–H and O–H groups in total. The summed E-state index contributed by atoms with van der Waals surface area (Å²) in [5.41, 5.74) is 1.98. The number of para-hydroxylation sites is 2. The van der Waals surface area contributed by atoms with Crippen molar-refractivity contribution < 1.29 is 4.73 Å². The second-order valence-corrected chi connectivity index (χ2v) is 2.68. The van der Waals surface area contributed by atoms with Crippen LogP contribution in [-0.2, 0) is 0 Å². The smallest absolute Gasteiger partial charge is 0.242 e. The molecule has 0 saturated heterocycles. The van der Waals surface area contributed by atoms with Gasteiger partial charge in [-0.05, 0) is 6.07 Å². The molecule has 12 heavy (non-hydrogen) atoms. The average molecular weight is 160 g/mol. The Morgan fingerprint density at radius 2 is 2.08 bits per heavy atom. The van der Waals surface area contributed by atoms with E-state index in [-0.39, 0.29) is 0 Å². The van der Waals surface area contributed by atoms with Crippen LogP contribution >= 0.6 is 0 Å². The van der Waals surface area contributed by atoms with Crippen LogP contribution in [0.15, 0.2) is 30.5 Å². The molecule has 0 unspecified atom stereocenters. The van der Waals surface area contributed by atoms with Crippen molar-refractivity contribution in [3.05, 3.63) is 41.4 Å². The van der Waals surface area contributed by atoms with E-state index in [1.165, 1.54) is 0 Å². The second-order valence-electron chi connectivity index (χ2n) is 2.68. The van der Waals surface area contributed by atoms with E-state index in [1.807, 2.05) is 18.2 Å². The van der Waals surface area contributed by atoms with Gasteiger partial charge in [0, 0.05) is 13.0 Å². The lowest BCUT2D eigenvalue weighted by Crippen LogP contribution is -2.31. The minimum Gasteiger partial charge on any atom is -0.618 e. The van der Waals surface area contributed by atoms with Crippen molar-refractivity contribution in [1.29, 1.82) is 0 Å². The van der Waals surface area contributed by atoms with Crippen molar-refractivity contribution >= 4 is 11.0 Å². The van der Waals surface area contributed by atoms with Crippen molar-refractivity contribution in [2.75, 3.05) is 0 Å². The summed E-state index contributed by atoms with van der Waals surface area (Å²) in [6.07, 6.45) is 1.58. The lowest BCUT2D eigenvalue weighted by molar-refractivity contribution is -0.584. The SMILES string of the molecule is Cc1cnc2ccccc2[n+]1[O-]. The van der Waals surface area contributed by atoms with E-state index in [0.717, 1.165) is 10.2 Å². The number of aromatic nitrogens is 2. The molecule has 0 aliphatic heterocycles. The summed E-state index contributed by atoms with van der Waals surface area (Å²) >= 11 is 0. The molecule has 0 amide bonds. The molecular formula is C9H8N2O. The Kier molecular flexibility index (Phi) is 1.43. The van der Waals surface area contributed by atoms with Crippen LogP contribution in [0.1, 0.15) is 5.69 Å². The highest BCUT2D eigenvalue weighted by molar-refractivity contribution is 5.70. The maximum absolute atomic E-state index is 11.4. The highest BCUT2D eigenvalue weighted by atomic mass is 16.5. The zero-order valence-corrected chi connectivity index (χ0v) is 6.69. The molecule has 60 valence electrons. The number of aryl methyl sites for hydroxylation is 1.